The van der Waals surface area contributed by atoms with Crippen LogP contribution in [0.15, 0.2) is 53.7 Å². The van der Waals surface area contributed by atoms with Gasteiger partial charge in [0.25, 0.3) is 0 Å². The number of phenolic OH excluding ortho intramolecular Hbond substituents is 1. The van der Waals surface area contributed by atoms with Crippen molar-refractivity contribution in [3.8, 4) is 17.1 Å². The first-order chi connectivity index (χ1) is 12.6. The summed E-state index contributed by atoms with van der Waals surface area (Å²) in [6.45, 7) is 4.59. The molecule has 0 aliphatic carbocycles. The second kappa shape index (κ2) is 8.05. The third-order valence-corrected chi connectivity index (χ3v) is 4.78. The Morgan fingerprint density at radius 1 is 1.19 bits per heavy atom. The van der Waals surface area contributed by atoms with E-state index >= 15 is 0 Å². The van der Waals surface area contributed by atoms with Gasteiger partial charge in [0.1, 0.15) is 5.75 Å². The molecule has 26 heavy (non-hydrogen) atoms. The topological polar surface area (TPSA) is 80.0 Å². The molecule has 0 aliphatic heterocycles. The van der Waals surface area contributed by atoms with Gasteiger partial charge in [-0.2, -0.15) is 0 Å². The molecule has 0 spiro atoms. The maximum Gasteiger partial charge on any atom is 0.234 e. The fourth-order valence-electron chi connectivity index (χ4n) is 2.59. The van der Waals surface area contributed by atoms with E-state index in [4.69, 9.17) is 0 Å². The largest absolute Gasteiger partial charge is 0.507 e. The molecule has 0 aliphatic rings. The fourth-order valence-corrected chi connectivity index (χ4v) is 3.39. The molecule has 0 bridgehead atoms. The van der Waals surface area contributed by atoms with Gasteiger partial charge >= 0.3 is 0 Å². The van der Waals surface area contributed by atoms with Crippen LogP contribution in [0.5, 0.6) is 5.75 Å². The van der Waals surface area contributed by atoms with E-state index in [1.54, 1.807) is 18.2 Å². The molecule has 0 saturated heterocycles. The number of rotatable bonds is 6. The van der Waals surface area contributed by atoms with Crippen LogP contribution in [0.25, 0.3) is 11.4 Å². The molecule has 0 atom stereocenters. The quantitative estimate of drug-likeness (QED) is 0.648. The van der Waals surface area contributed by atoms with E-state index in [0.717, 1.165) is 11.3 Å². The van der Waals surface area contributed by atoms with Crippen molar-refractivity contribution in [2.24, 2.45) is 0 Å². The molecule has 0 saturated carbocycles. The lowest BCUT2D eigenvalue weighted by Crippen LogP contribution is -2.14. The Balaban J connectivity index is 1.71. The van der Waals surface area contributed by atoms with Gasteiger partial charge in [0.15, 0.2) is 11.0 Å². The Kier molecular flexibility index (Phi) is 5.58. The first kappa shape index (κ1) is 18.0. The number of amides is 1. The number of aryl methyl sites for hydroxylation is 1. The monoisotopic (exact) mass is 368 g/mol. The lowest BCUT2D eigenvalue weighted by atomic mass is 10.2. The van der Waals surface area contributed by atoms with Crippen LogP contribution < -0.4 is 5.32 Å². The smallest absolute Gasteiger partial charge is 0.234 e. The summed E-state index contributed by atoms with van der Waals surface area (Å²) >= 11 is 1.32. The number of thioether (sulfide) groups is 1. The van der Waals surface area contributed by atoms with Crippen molar-refractivity contribution in [2.75, 3.05) is 11.1 Å². The number of carbonyl (C=O) groups is 1. The number of aromatic nitrogens is 3. The molecule has 3 aromatic rings. The van der Waals surface area contributed by atoms with Gasteiger partial charge in [-0.1, -0.05) is 36.0 Å². The molecular formula is C19H20N4O2S. The highest BCUT2D eigenvalue weighted by Gasteiger charge is 2.16. The summed E-state index contributed by atoms with van der Waals surface area (Å²) in [6, 6.07) is 14.7. The summed E-state index contributed by atoms with van der Waals surface area (Å²) in [4.78, 5) is 12.2. The number of anilines is 1. The molecule has 0 unspecified atom stereocenters. The molecule has 1 amide bonds. The fraction of sp³-hybridized carbons (Fsp3) is 0.211. The standard InChI is InChI=1S/C19H20N4O2S/c1-3-23-18(15-9-4-5-10-16(15)24)21-22-19(23)26-12-17(25)20-14-8-6-7-13(2)11-14/h4-11,24H,3,12H2,1-2H3,(H,20,25). The van der Waals surface area contributed by atoms with Gasteiger partial charge in [-0.3, -0.25) is 4.79 Å². The number of nitrogens with zero attached hydrogens (tertiary/aromatic N) is 3. The van der Waals surface area contributed by atoms with Gasteiger partial charge in [0.2, 0.25) is 5.91 Å². The van der Waals surface area contributed by atoms with Crippen LogP contribution in [-0.2, 0) is 11.3 Å². The van der Waals surface area contributed by atoms with Crippen LogP contribution >= 0.6 is 11.8 Å². The van der Waals surface area contributed by atoms with Crippen molar-refractivity contribution in [1.29, 1.82) is 0 Å². The highest BCUT2D eigenvalue weighted by molar-refractivity contribution is 7.99. The average Bonchev–Trinajstić information content (AvgIpc) is 3.03. The highest BCUT2D eigenvalue weighted by Crippen LogP contribution is 2.30. The van der Waals surface area contributed by atoms with E-state index in [1.807, 2.05) is 48.7 Å². The van der Waals surface area contributed by atoms with Gasteiger partial charge < -0.3 is 15.0 Å². The van der Waals surface area contributed by atoms with Crippen molar-refractivity contribution < 1.29 is 9.90 Å². The normalized spacial score (nSPS) is 10.7. The summed E-state index contributed by atoms with van der Waals surface area (Å²) in [7, 11) is 0. The Labute approximate surface area is 156 Å². The highest BCUT2D eigenvalue weighted by atomic mass is 32.2. The van der Waals surface area contributed by atoms with Crippen molar-refractivity contribution in [3.05, 3.63) is 54.1 Å². The second-order valence-electron chi connectivity index (χ2n) is 5.77. The zero-order valence-electron chi connectivity index (χ0n) is 14.6. The Morgan fingerprint density at radius 3 is 2.73 bits per heavy atom. The molecular weight excluding hydrogens is 348 g/mol. The molecule has 7 heteroatoms. The first-order valence-electron chi connectivity index (χ1n) is 8.29. The number of nitrogens with one attached hydrogen (secondary N) is 1. The van der Waals surface area contributed by atoms with Crippen molar-refractivity contribution >= 4 is 23.4 Å². The average molecular weight is 368 g/mol. The van der Waals surface area contributed by atoms with Crippen LogP contribution in [0.2, 0.25) is 0 Å². The number of aromatic hydroxyl groups is 1. The van der Waals surface area contributed by atoms with E-state index in [1.165, 1.54) is 11.8 Å². The lowest BCUT2D eigenvalue weighted by Gasteiger charge is -2.09. The van der Waals surface area contributed by atoms with Gasteiger partial charge in [0, 0.05) is 12.2 Å². The molecule has 2 N–H and O–H groups in total. The number of hydrogen-bond acceptors (Lipinski definition) is 5. The zero-order chi connectivity index (χ0) is 18.5. The Hall–Kier alpha value is -2.80. The van der Waals surface area contributed by atoms with Crippen LogP contribution in [0.4, 0.5) is 5.69 Å². The van der Waals surface area contributed by atoms with E-state index in [2.05, 4.69) is 15.5 Å². The third-order valence-electron chi connectivity index (χ3n) is 3.81. The van der Waals surface area contributed by atoms with E-state index < -0.39 is 0 Å². The molecule has 0 radical (unpaired) electrons. The molecule has 134 valence electrons. The number of para-hydroxylation sites is 1. The van der Waals surface area contributed by atoms with Crippen LogP contribution in [0, 0.1) is 6.92 Å². The molecule has 2 aromatic carbocycles. The minimum atomic E-state index is -0.102. The van der Waals surface area contributed by atoms with Crippen LogP contribution in [-0.4, -0.2) is 31.5 Å². The van der Waals surface area contributed by atoms with Crippen molar-refractivity contribution in [1.82, 2.24) is 14.8 Å². The van der Waals surface area contributed by atoms with Crippen molar-refractivity contribution in [2.45, 2.75) is 25.5 Å². The summed E-state index contributed by atoms with van der Waals surface area (Å²) in [5, 5.41) is 21.9. The maximum atomic E-state index is 12.2. The minimum absolute atomic E-state index is 0.102. The Bertz CT molecular complexity index is 923. The van der Waals surface area contributed by atoms with Gasteiger partial charge in [0.05, 0.1) is 11.3 Å². The van der Waals surface area contributed by atoms with Crippen LogP contribution in [0.3, 0.4) is 0 Å². The van der Waals surface area contributed by atoms with E-state index in [0.29, 0.717) is 23.1 Å². The number of benzene rings is 2. The lowest BCUT2D eigenvalue weighted by molar-refractivity contribution is -0.113. The summed E-state index contributed by atoms with van der Waals surface area (Å²) < 4.78 is 1.89. The summed E-state index contributed by atoms with van der Waals surface area (Å²) in [6.07, 6.45) is 0. The van der Waals surface area contributed by atoms with Gasteiger partial charge in [-0.05, 0) is 43.7 Å². The molecule has 1 heterocycles. The number of phenols is 1. The SMILES string of the molecule is CCn1c(SCC(=O)Nc2cccc(C)c2)nnc1-c1ccccc1O. The predicted molar refractivity (Wildman–Crippen MR) is 103 cm³/mol. The summed E-state index contributed by atoms with van der Waals surface area (Å²) in [5.74, 6) is 0.873. The zero-order valence-corrected chi connectivity index (χ0v) is 15.5. The van der Waals surface area contributed by atoms with Gasteiger partial charge in [-0.25, -0.2) is 0 Å². The number of carbonyl (C=O) groups excluding carboxylic acids is 1. The molecule has 1 aromatic heterocycles. The predicted octanol–water partition coefficient (Wildman–Crippen LogP) is 3.71. The number of hydrogen-bond donors (Lipinski definition) is 2. The minimum Gasteiger partial charge on any atom is -0.507 e. The molecule has 6 nitrogen and oxygen atoms in total. The first-order valence-corrected chi connectivity index (χ1v) is 9.28. The third kappa shape index (κ3) is 4.05. The van der Waals surface area contributed by atoms with Crippen LogP contribution in [0.1, 0.15) is 12.5 Å². The molecule has 0 fully saturated rings. The summed E-state index contributed by atoms with van der Waals surface area (Å²) in [5.41, 5.74) is 2.49. The maximum absolute atomic E-state index is 12.2. The van der Waals surface area contributed by atoms with Gasteiger partial charge in [-0.15, -0.1) is 10.2 Å². The molecule has 3 rings (SSSR count). The van der Waals surface area contributed by atoms with E-state index in [-0.39, 0.29) is 17.4 Å². The Morgan fingerprint density at radius 2 is 2.00 bits per heavy atom. The second-order valence-corrected chi connectivity index (χ2v) is 6.72. The van der Waals surface area contributed by atoms with Crippen molar-refractivity contribution in [3.63, 3.8) is 0 Å². The van der Waals surface area contributed by atoms with E-state index in [9.17, 15) is 9.90 Å².